The van der Waals surface area contributed by atoms with Crippen LogP contribution in [-0.2, 0) is 6.42 Å². The highest BCUT2D eigenvalue weighted by Gasteiger charge is 2.13. The van der Waals surface area contributed by atoms with E-state index in [0.29, 0.717) is 11.9 Å². The summed E-state index contributed by atoms with van der Waals surface area (Å²) < 4.78 is 1.59. The van der Waals surface area contributed by atoms with Crippen LogP contribution in [0.25, 0.3) is 5.65 Å². The van der Waals surface area contributed by atoms with Gasteiger partial charge >= 0.3 is 0 Å². The lowest BCUT2D eigenvalue weighted by Crippen LogP contribution is -1.97. The zero-order chi connectivity index (χ0) is 10.3. The molecular formula is C10H8N4O. The Balaban J connectivity index is 2.36. The largest absolute Gasteiger partial charge is 0.294 e. The number of rotatable bonds is 1. The molecule has 0 unspecified atom stereocenters. The predicted molar refractivity (Wildman–Crippen MR) is 54.8 cm³/mol. The van der Waals surface area contributed by atoms with Crippen LogP contribution in [0.2, 0.25) is 0 Å². The quantitative estimate of drug-likeness (QED) is 0.649. The predicted octanol–water partition coefficient (Wildman–Crippen LogP) is 1.19. The van der Waals surface area contributed by atoms with E-state index in [9.17, 15) is 4.79 Å². The standard InChI is InChI=1S/C10H8N4O/c15-6-8-12-10-9-7(2-1-4-11-9)3-5-14(10)13-8/h3-6H,1-2H2. The summed E-state index contributed by atoms with van der Waals surface area (Å²) >= 11 is 0. The van der Waals surface area contributed by atoms with Crippen molar-refractivity contribution in [1.29, 1.82) is 0 Å². The highest BCUT2D eigenvalue weighted by molar-refractivity contribution is 5.79. The van der Waals surface area contributed by atoms with Crippen LogP contribution in [0, 0.1) is 0 Å². The highest BCUT2D eigenvalue weighted by Crippen LogP contribution is 2.27. The molecule has 0 saturated carbocycles. The maximum atomic E-state index is 10.6. The lowest BCUT2D eigenvalue weighted by molar-refractivity contribution is 0.111. The van der Waals surface area contributed by atoms with Crippen molar-refractivity contribution in [3.8, 4) is 0 Å². The summed E-state index contributed by atoms with van der Waals surface area (Å²) in [5.41, 5.74) is 2.66. The summed E-state index contributed by atoms with van der Waals surface area (Å²) in [7, 11) is 0. The Hall–Kier alpha value is -2.04. The van der Waals surface area contributed by atoms with Crippen molar-refractivity contribution in [2.24, 2.45) is 4.99 Å². The molecule has 0 saturated heterocycles. The van der Waals surface area contributed by atoms with E-state index in [1.54, 1.807) is 4.52 Å². The van der Waals surface area contributed by atoms with E-state index < -0.39 is 0 Å². The van der Waals surface area contributed by atoms with E-state index in [0.717, 1.165) is 24.1 Å². The van der Waals surface area contributed by atoms with E-state index >= 15 is 0 Å². The lowest BCUT2D eigenvalue weighted by Gasteiger charge is -2.08. The van der Waals surface area contributed by atoms with Crippen LogP contribution >= 0.6 is 0 Å². The minimum absolute atomic E-state index is 0.198. The molecule has 0 N–H and O–H groups in total. The average molecular weight is 200 g/mol. The second-order valence-corrected chi connectivity index (χ2v) is 3.40. The van der Waals surface area contributed by atoms with Crippen molar-refractivity contribution in [3.63, 3.8) is 0 Å². The molecule has 0 aromatic carbocycles. The van der Waals surface area contributed by atoms with Crippen molar-refractivity contribution >= 4 is 23.8 Å². The molecule has 0 atom stereocenters. The molecule has 3 rings (SSSR count). The molecule has 74 valence electrons. The first-order valence-electron chi connectivity index (χ1n) is 4.74. The third-order valence-electron chi connectivity index (χ3n) is 2.45. The van der Waals surface area contributed by atoms with Crippen molar-refractivity contribution < 1.29 is 4.79 Å². The van der Waals surface area contributed by atoms with Crippen molar-refractivity contribution in [2.45, 2.75) is 12.8 Å². The van der Waals surface area contributed by atoms with Gasteiger partial charge in [0, 0.05) is 12.4 Å². The number of aryl methyl sites for hydroxylation is 1. The fourth-order valence-electron chi connectivity index (χ4n) is 1.76. The van der Waals surface area contributed by atoms with Crippen molar-refractivity contribution in [1.82, 2.24) is 14.6 Å². The molecule has 5 heteroatoms. The number of fused-ring (bicyclic) bond motifs is 3. The molecule has 0 radical (unpaired) electrons. The van der Waals surface area contributed by atoms with Crippen LogP contribution in [0.4, 0.5) is 5.69 Å². The molecule has 2 aromatic rings. The number of carbonyl (C=O) groups is 1. The Morgan fingerprint density at radius 1 is 1.47 bits per heavy atom. The number of aromatic nitrogens is 3. The van der Waals surface area contributed by atoms with Gasteiger partial charge in [-0.3, -0.25) is 9.79 Å². The Morgan fingerprint density at radius 2 is 2.40 bits per heavy atom. The maximum Gasteiger partial charge on any atom is 0.215 e. The van der Waals surface area contributed by atoms with Crippen LogP contribution < -0.4 is 0 Å². The summed E-state index contributed by atoms with van der Waals surface area (Å²) in [6.45, 7) is 0. The van der Waals surface area contributed by atoms with Gasteiger partial charge in [-0.05, 0) is 24.5 Å². The number of aliphatic imine (C=N–C) groups is 1. The number of carbonyl (C=O) groups excluding carboxylic acids is 1. The summed E-state index contributed by atoms with van der Waals surface area (Å²) in [6.07, 6.45) is 6.26. The number of hydrogen-bond donors (Lipinski definition) is 0. The summed E-state index contributed by atoms with van der Waals surface area (Å²) in [4.78, 5) is 19.0. The van der Waals surface area contributed by atoms with Crippen molar-refractivity contribution in [3.05, 3.63) is 23.7 Å². The molecule has 0 fully saturated rings. The molecule has 1 aliphatic rings. The van der Waals surface area contributed by atoms with Gasteiger partial charge in [0.1, 0.15) is 5.69 Å². The number of nitrogens with zero attached hydrogens (tertiary/aromatic N) is 4. The second kappa shape index (κ2) is 2.98. The molecule has 1 aliphatic heterocycles. The van der Waals surface area contributed by atoms with Gasteiger partial charge in [-0.1, -0.05) is 0 Å². The Labute approximate surface area is 85.5 Å². The first-order chi connectivity index (χ1) is 7.38. The molecule has 2 aromatic heterocycles. The Kier molecular flexibility index (Phi) is 1.65. The summed E-state index contributed by atoms with van der Waals surface area (Å²) in [6, 6.07) is 1.97. The summed E-state index contributed by atoms with van der Waals surface area (Å²) in [5, 5.41) is 4.00. The van der Waals surface area contributed by atoms with Gasteiger partial charge in [0.2, 0.25) is 5.82 Å². The number of pyridine rings is 1. The first kappa shape index (κ1) is 8.28. The third kappa shape index (κ3) is 1.16. The normalized spacial score (nSPS) is 14.1. The molecule has 0 bridgehead atoms. The van der Waals surface area contributed by atoms with E-state index in [-0.39, 0.29) is 5.82 Å². The average Bonchev–Trinajstić information content (AvgIpc) is 2.72. The minimum atomic E-state index is 0.198. The Bertz CT molecular complexity index is 570. The van der Waals surface area contributed by atoms with Crippen molar-refractivity contribution in [2.75, 3.05) is 0 Å². The van der Waals surface area contributed by atoms with E-state index in [4.69, 9.17) is 0 Å². The molecule has 3 heterocycles. The topological polar surface area (TPSA) is 59.6 Å². The highest BCUT2D eigenvalue weighted by atomic mass is 16.1. The lowest BCUT2D eigenvalue weighted by atomic mass is 10.1. The van der Waals surface area contributed by atoms with Crippen LogP contribution in [0.5, 0.6) is 0 Å². The SMILES string of the molecule is O=Cc1nc2c3c(ccn2n1)CCC=N3. The molecule has 0 amide bonds. The molecule has 0 aliphatic carbocycles. The minimum Gasteiger partial charge on any atom is -0.294 e. The third-order valence-corrected chi connectivity index (χ3v) is 2.45. The van der Waals surface area contributed by atoms with Crippen LogP contribution in [-0.4, -0.2) is 27.1 Å². The molecule has 0 spiro atoms. The van der Waals surface area contributed by atoms with Crippen LogP contribution in [0.1, 0.15) is 22.6 Å². The Morgan fingerprint density at radius 3 is 3.27 bits per heavy atom. The maximum absolute atomic E-state index is 10.6. The number of aldehydes is 1. The van der Waals surface area contributed by atoms with Gasteiger partial charge in [-0.15, -0.1) is 5.10 Å². The van der Waals surface area contributed by atoms with E-state index in [2.05, 4.69) is 15.1 Å². The smallest absolute Gasteiger partial charge is 0.215 e. The van der Waals surface area contributed by atoms with Gasteiger partial charge < -0.3 is 0 Å². The van der Waals surface area contributed by atoms with Gasteiger partial charge in [-0.2, -0.15) is 0 Å². The van der Waals surface area contributed by atoms with Gasteiger partial charge in [0.25, 0.3) is 0 Å². The zero-order valence-electron chi connectivity index (χ0n) is 7.92. The molecule has 15 heavy (non-hydrogen) atoms. The fourth-order valence-corrected chi connectivity index (χ4v) is 1.76. The first-order valence-corrected chi connectivity index (χ1v) is 4.74. The fraction of sp³-hybridized carbons (Fsp3) is 0.200. The van der Waals surface area contributed by atoms with Gasteiger partial charge in [0.05, 0.1) is 0 Å². The van der Waals surface area contributed by atoms with Crippen LogP contribution in [0.15, 0.2) is 17.3 Å². The van der Waals surface area contributed by atoms with E-state index in [1.807, 2.05) is 18.5 Å². The monoisotopic (exact) mass is 200 g/mol. The van der Waals surface area contributed by atoms with Crippen LogP contribution in [0.3, 0.4) is 0 Å². The number of hydrogen-bond acceptors (Lipinski definition) is 4. The molecular weight excluding hydrogens is 192 g/mol. The van der Waals surface area contributed by atoms with E-state index in [1.165, 1.54) is 0 Å². The second-order valence-electron chi connectivity index (χ2n) is 3.40. The van der Waals surface area contributed by atoms with Gasteiger partial charge in [-0.25, -0.2) is 9.50 Å². The zero-order valence-corrected chi connectivity index (χ0v) is 7.92. The summed E-state index contributed by atoms with van der Waals surface area (Å²) in [5.74, 6) is 0.198. The van der Waals surface area contributed by atoms with Gasteiger partial charge in [0.15, 0.2) is 11.9 Å². The molecule has 5 nitrogen and oxygen atoms in total.